The molecule has 1 radical (unpaired) electrons. The molecule has 0 saturated heterocycles. The van der Waals surface area contributed by atoms with E-state index in [9.17, 15) is 0 Å². The molecule has 0 aromatic carbocycles. The predicted octanol–water partition coefficient (Wildman–Crippen LogP) is 18.1. The van der Waals surface area contributed by atoms with Crippen molar-refractivity contribution in [3.05, 3.63) is 6.42 Å². The molecule has 283 valence electrons. The first-order valence-electron chi connectivity index (χ1n) is 23.1. The number of hydrogen-bond donors (Lipinski definition) is 0. The van der Waals surface area contributed by atoms with Crippen LogP contribution in [0.3, 0.4) is 0 Å². The number of rotatable bonds is 42. The van der Waals surface area contributed by atoms with Crippen molar-refractivity contribution < 1.29 is 0 Å². The van der Waals surface area contributed by atoms with Gasteiger partial charge in [0.1, 0.15) is 0 Å². The molecule has 0 saturated carbocycles. The Bertz CT molecular complexity index is 432. The highest BCUT2D eigenvalue weighted by atomic mass is 14.2. The first kappa shape index (κ1) is 47.0. The summed E-state index contributed by atoms with van der Waals surface area (Å²) in [4.78, 5) is 0. The monoisotopic (exact) mass is 660 g/mol. The summed E-state index contributed by atoms with van der Waals surface area (Å²) in [5, 5.41) is 0. The molecule has 0 spiro atoms. The molecule has 0 fully saturated rings. The molecule has 0 aliphatic rings. The fourth-order valence-electron chi connectivity index (χ4n) is 7.93. The summed E-state index contributed by atoms with van der Waals surface area (Å²) in [7, 11) is 0. The topological polar surface area (TPSA) is 0 Å². The van der Waals surface area contributed by atoms with E-state index in [1.807, 2.05) is 0 Å². The Morgan fingerprint density at radius 1 is 0.213 bits per heavy atom. The molecule has 0 rings (SSSR count). The maximum atomic E-state index is 2.96. The maximum absolute atomic E-state index is 2.96. The van der Waals surface area contributed by atoms with Gasteiger partial charge in [0.15, 0.2) is 0 Å². The van der Waals surface area contributed by atoms with E-state index in [-0.39, 0.29) is 0 Å². The van der Waals surface area contributed by atoms with Crippen LogP contribution in [-0.4, -0.2) is 0 Å². The Morgan fingerprint density at radius 3 is 0.532 bits per heavy atom. The van der Waals surface area contributed by atoms with Crippen LogP contribution in [0.2, 0.25) is 0 Å². The van der Waals surface area contributed by atoms with Crippen molar-refractivity contribution >= 4 is 0 Å². The molecule has 0 bridgehead atoms. The van der Waals surface area contributed by atoms with Gasteiger partial charge < -0.3 is 0 Å². The van der Waals surface area contributed by atoms with Crippen LogP contribution in [0.25, 0.3) is 0 Å². The average molecular weight is 660 g/mol. The van der Waals surface area contributed by atoms with E-state index in [1.165, 1.54) is 257 Å². The van der Waals surface area contributed by atoms with Crippen molar-refractivity contribution in [2.45, 2.75) is 285 Å². The third-order valence-electron chi connectivity index (χ3n) is 11.3. The van der Waals surface area contributed by atoms with E-state index in [4.69, 9.17) is 0 Å². The summed E-state index contributed by atoms with van der Waals surface area (Å²) in [6.45, 7) is 9.33. The van der Waals surface area contributed by atoms with E-state index in [0.717, 1.165) is 11.8 Å². The fraction of sp³-hybridized carbons (Fsp3) is 0.979. The van der Waals surface area contributed by atoms with Crippen molar-refractivity contribution in [1.29, 1.82) is 0 Å². The third-order valence-corrected chi connectivity index (χ3v) is 11.3. The molecule has 0 aromatic rings. The lowest BCUT2D eigenvalue weighted by atomic mass is 9.81. The van der Waals surface area contributed by atoms with Gasteiger partial charge in [0.05, 0.1) is 0 Å². The van der Waals surface area contributed by atoms with Crippen molar-refractivity contribution in [1.82, 2.24) is 0 Å². The molecule has 0 aliphatic heterocycles. The normalized spacial score (nSPS) is 11.9. The average Bonchev–Trinajstić information content (AvgIpc) is 3.08. The highest BCUT2D eigenvalue weighted by molar-refractivity contribution is 4.84. The minimum atomic E-state index is 0.895. The Kier molecular flexibility index (Phi) is 42.2. The van der Waals surface area contributed by atoms with Crippen LogP contribution < -0.4 is 0 Å². The lowest BCUT2D eigenvalue weighted by Gasteiger charge is -2.24. The zero-order chi connectivity index (χ0) is 34.1. The van der Waals surface area contributed by atoms with Crippen LogP contribution in [-0.2, 0) is 0 Å². The molecular formula is C47H95. The standard InChI is InChI=1S/C47H95/c1-5-9-13-17-21-25-29-33-37-41-46(42-38-34-30-26-22-18-14-10-6-2)45-47(43-39-35-31-27-23-19-15-11-7-3)44-40-36-32-28-24-20-16-12-8-4/h45-47H,5-44H2,1-4H3. The van der Waals surface area contributed by atoms with Gasteiger partial charge in [-0.1, -0.05) is 285 Å². The minimum absolute atomic E-state index is 0.895. The molecule has 0 aliphatic carbocycles. The first-order valence-corrected chi connectivity index (χ1v) is 23.1. The first-order chi connectivity index (χ1) is 23.3. The van der Waals surface area contributed by atoms with Gasteiger partial charge >= 0.3 is 0 Å². The van der Waals surface area contributed by atoms with Crippen LogP contribution >= 0.6 is 0 Å². The van der Waals surface area contributed by atoms with Crippen molar-refractivity contribution in [3.8, 4) is 0 Å². The summed E-state index contributed by atoms with van der Waals surface area (Å²) < 4.78 is 0. The van der Waals surface area contributed by atoms with Crippen molar-refractivity contribution in [2.75, 3.05) is 0 Å². The lowest BCUT2D eigenvalue weighted by molar-refractivity contribution is 0.363. The van der Waals surface area contributed by atoms with E-state index in [1.54, 1.807) is 0 Å². The summed E-state index contributed by atoms with van der Waals surface area (Å²) >= 11 is 0. The number of unbranched alkanes of at least 4 members (excludes halogenated alkanes) is 32. The van der Waals surface area contributed by atoms with Crippen LogP contribution in [0.4, 0.5) is 0 Å². The van der Waals surface area contributed by atoms with Gasteiger partial charge in [0, 0.05) is 0 Å². The fourth-order valence-corrected chi connectivity index (χ4v) is 7.93. The quantitative estimate of drug-likeness (QED) is 0.0572. The van der Waals surface area contributed by atoms with Gasteiger partial charge in [-0.15, -0.1) is 0 Å². The molecule has 0 unspecified atom stereocenters. The Hall–Kier alpha value is 0. The lowest BCUT2D eigenvalue weighted by Crippen LogP contribution is -2.12. The van der Waals surface area contributed by atoms with Crippen LogP contribution in [0, 0.1) is 18.3 Å². The van der Waals surface area contributed by atoms with Gasteiger partial charge in [-0.05, 0) is 18.3 Å². The Labute approximate surface area is 302 Å². The highest BCUT2D eigenvalue weighted by Crippen LogP contribution is 2.30. The van der Waals surface area contributed by atoms with Gasteiger partial charge in [-0.2, -0.15) is 0 Å². The second-order valence-corrected chi connectivity index (χ2v) is 16.2. The van der Waals surface area contributed by atoms with Crippen LogP contribution in [0.1, 0.15) is 285 Å². The highest BCUT2D eigenvalue weighted by Gasteiger charge is 2.17. The second kappa shape index (κ2) is 42.2. The molecule has 0 heterocycles. The molecule has 0 atom stereocenters. The summed E-state index contributed by atoms with van der Waals surface area (Å²) in [6, 6.07) is 0. The largest absolute Gasteiger partial charge is 0.0654 e. The Balaban J connectivity index is 4.72. The molecule has 0 nitrogen and oxygen atoms in total. The van der Waals surface area contributed by atoms with Gasteiger partial charge in [0.25, 0.3) is 0 Å². The second-order valence-electron chi connectivity index (χ2n) is 16.2. The van der Waals surface area contributed by atoms with E-state index >= 15 is 0 Å². The zero-order valence-corrected chi connectivity index (χ0v) is 34.0. The predicted molar refractivity (Wildman–Crippen MR) is 219 cm³/mol. The maximum Gasteiger partial charge on any atom is -0.0324 e. The zero-order valence-electron chi connectivity index (χ0n) is 34.0. The van der Waals surface area contributed by atoms with Gasteiger partial charge in [-0.25, -0.2) is 0 Å². The van der Waals surface area contributed by atoms with Crippen LogP contribution in [0.5, 0.6) is 0 Å². The van der Waals surface area contributed by atoms with Crippen molar-refractivity contribution in [3.63, 3.8) is 0 Å². The minimum Gasteiger partial charge on any atom is -0.0654 e. The Morgan fingerprint density at radius 2 is 0.362 bits per heavy atom. The molecule has 0 N–H and O–H groups in total. The SMILES string of the molecule is CCCCCCCCCCCC([CH]C(CCCCCCCCCCC)CCCCCCCCCCC)CCCCCCCCCCC. The molecule has 0 heteroatoms. The molecule has 0 aromatic heterocycles. The molecule has 0 amide bonds. The summed E-state index contributed by atoms with van der Waals surface area (Å²) in [5.41, 5.74) is 0. The van der Waals surface area contributed by atoms with Crippen molar-refractivity contribution in [2.24, 2.45) is 11.8 Å². The van der Waals surface area contributed by atoms with Crippen LogP contribution in [0.15, 0.2) is 0 Å². The molecule has 47 heavy (non-hydrogen) atoms. The molecular weight excluding hydrogens is 565 g/mol. The van der Waals surface area contributed by atoms with E-state index in [0.29, 0.717) is 0 Å². The smallest absolute Gasteiger partial charge is 0.0324 e. The summed E-state index contributed by atoms with van der Waals surface area (Å²) in [5.74, 6) is 1.79. The van der Waals surface area contributed by atoms with E-state index < -0.39 is 0 Å². The summed E-state index contributed by atoms with van der Waals surface area (Å²) in [6.07, 6.45) is 61.5. The van der Waals surface area contributed by atoms with E-state index in [2.05, 4.69) is 34.1 Å². The van der Waals surface area contributed by atoms with Gasteiger partial charge in [0.2, 0.25) is 0 Å². The third kappa shape index (κ3) is 38.7. The van der Waals surface area contributed by atoms with Gasteiger partial charge in [-0.3, -0.25) is 0 Å². The number of hydrogen-bond acceptors (Lipinski definition) is 0.